The highest BCUT2D eigenvalue weighted by molar-refractivity contribution is 5.85. The van der Waals surface area contributed by atoms with Gasteiger partial charge >= 0.3 is 11.9 Å². The Hall–Kier alpha value is -2.45. The highest BCUT2D eigenvalue weighted by Gasteiger charge is 2.29. The topological polar surface area (TPSA) is 99.2 Å². The summed E-state index contributed by atoms with van der Waals surface area (Å²) >= 11 is 0. The molecule has 0 radical (unpaired) electrons. The van der Waals surface area contributed by atoms with Gasteiger partial charge in [0.2, 0.25) is 0 Å². The van der Waals surface area contributed by atoms with Crippen molar-refractivity contribution >= 4 is 17.8 Å². The summed E-state index contributed by atoms with van der Waals surface area (Å²) in [6.07, 6.45) is 1.10. The highest BCUT2D eigenvalue weighted by atomic mass is 16.5. The SMILES string of the molecule is CCOC(=O)C(CCc1ccccc1)N[C@@H](C)C(=O)N(CC(=O)O)N(C)C. The molecule has 8 nitrogen and oxygen atoms in total. The van der Waals surface area contributed by atoms with E-state index in [1.54, 1.807) is 27.9 Å². The second-order valence-corrected chi connectivity index (χ2v) is 6.35. The second-order valence-electron chi connectivity index (χ2n) is 6.35. The number of carbonyl (C=O) groups excluding carboxylic acids is 2. The molecule has 0 fully saturated rings. The molecule has 0 aliphatic heterocycles. The zero-order chi connectivity index (χ0) is 20.4. The van der Waals surface area contributed by atoms with Gasteiger partial charge in [0.1, 0.15) is 12.6 Å². The van der Waals surface area contributed by atoms with Gasteiger partial charge in [-0.2, -0.15) is 0 Å². The molecule has 27 heavy (non-hydrogen) atoms. The van der Waals surface area contributed by atoms with E-state index in [9.17, 15) is 14.4 Å². The number of nitrogens with zero attached hydrogens (tertiary/aromatic N) is 2. The van der Waals surface area contributed by atoms with E-state index < -0.39 is 36.5 Å². The molecule has 1 aromatic rings. The first-order valence-electron chi connectivity index (χ1n) is 8.93. The lowest BCUT2D eigenvalue weighted by atomic mass is 10.0. The maximum Gasteiger partial charge on any atom is 0.324 e. The molecule has 0 spiro atoms. The molecule has 0 saturated carbocycles. The number of carboxylic acid groups (broad SMARTS) is 1. The Bertz CT molecular complexity index is 621. The van der Waals surface area contributed by atoms with Gasteiger partial charge in [0.15, 0.2) is 0 Å². The van der Waals surface area contributed by atoms with Crippen molar-refractivity contribution in [2.45, 2.75) is 38.8 Å². The fourth-order valence-corrected chi connectivity index (χ4v) is 2.61. The normalized spacial score (nSPS) is 13.1. The Morgan fingerprint density at radius 3 is 2.33 bits per heavy atom. The van der Waals surface area contributed by atoms with Gasteiger partial charge in [0, 0.05) is 14.1 Å². The van der Waals surface area contributed by atoms with Gasteiger partial charge < -0.3 is 9.84 Å². The van der Waals surface area contributed by atoms with Gasteiger partial charge in [-0.3, -0.25) is 24.7 Å². The minimum Gasteiger partial charge on any atom is -0.480 e. The molecule has 0 aliphatic rings. The van der Waals surface area contributed by atoms with Gasteiger partial charge in [0.25, 0.3) is 5.91 Å². The van der Waals surface area contributed by atoms with Crippen molar-refractivity contribution in [2.24, 2.45) is 0 Å². The predicted molar refractivity (Wildman–Crippen MR) is 101 cm³/mol. The van der Waals surface area contributed by atoms with E-state index in [0.717, 1.165) is 10.6 Å². The van der Waals surface area contributed by atoms with E-state index in [4.69, 9.17) is 9.84 Å². The van der Waals surface area contributed by atoms with E-state index in [0.29, 0.717) is 12.8 Å². The van der Waals surface area contributed by atoms with Crippen LogP contribution in [0.4, 0.5) is 0 Å². The molecule has 0 aliphatic carbocycles. The van der Waals surface area contributed by atoms with Gasteiger partial charge in [-0.25, -0.2) is 5.01 Å². The smallest absolute Gasteiger partial charge is 0.324 e. The first-order chi connectivity index (χ1) is 12.8. The number of rotatable bonds is 11. The first-order valence-corrected chi connectivity index (χ1v) is 8.93. The Morgan fingerprint density at radius 1 is 1.19 bits per heavy atom. The van der Waals surface area contributed by atoms with Crippen LogP contribution in [0.5, 0.6) is 0 Å². The Kier molecular flexibility index (Phi) is 9.46. The Labute approximate surface area is 160 Å². The number of ether oxygens (including phenoxy) is 1. The third-order valence-corrected chi connectivity index (χ3v) is 3.98. The largest absolute Gasteiger partial charge is 0.480 e. The van der Waals surface area contributed by atoms with Crippen LogP contribution in [-0.4, -0.2) is 72.3 Å². The number of esters is 1. The number of benzene rings is 1. The van der Waals surface area contributed by atoms with Crippen molar-refractivity contribution in [3.63, 3.8) is 0 Å². The lowest BCUT2D eigenvalue weighted by molar-refractivity contribution is -0.157. The molecular formula is C19H29N3O5. The van der Waals surface area contributed by atoms with Gasteiger partial charge in [0.05, 0.1) is 12.6 Å². The third-order valence-electron chi connectivity index (χ3n) is 3.98. The first kappa shape index (κ1) is 22.6. The van der Waals surface area contributed by atoms with Crippen LogP contribution in [0.3, 0.4) is 0 Å². The average molecular weight is 379 g/mol. The van der Waals surface area contributed by atoms with Crippen molar-refractivity contribution in [1.82, 2.24) is 15.3 Å². The molecule has 1 amide bonds. The number of nitrogens with one attached hydrogen (secondary N) is 1. The van der Waals surface area contributed by atoms with Crippen LogP contribution in [0.2, 0.25) is 0 Å². The molecule has 1 aromatic carbocycles. The van der Waals surface area contributed by atoms with Crippen molar-refractivity contribution < 1.29 is 24.2 Å². The zero-order valence-corrected chi connectivity index (χ0v) is 16.3. The number of amides is 1. The molecule has 1 rings (SSSR count). The van der Waals surface area contributed by atoms with Crippen molar-refractivity contribution in [3.05, 3.63) is 35.9 Å². The van der Waals surface area contributed by atoms with E-state index in [1.807, 2.05) is 30.3 Å². The number of aliphatic carboxylic acids is 1. The summed E-state index contributed by atoms with van der Waals surface area (Å²) in [5.74, 6) is -1.98. The number of aryl methyl sites for hydroxylation is 1. The van der Waals surface area contributed by atoms with Crippen LogP contribution >= 0.6 is 0 Å². The maximum atomic E-state index is 12.6. The number of carbonyl (C=O) groups is 3. The number of carboxylic acids is 1. The quantitative estimate of drug-likeness (QED) is 0.436. The summed E-state index contributed by atoms with van der Waals surface area (Å²) in [5, 5.41) is 14.5. The van der Waals surface area contributed by atoms with Gasteiger partial charge in [-0.15, -0.1) is 0 Å². The summed E-state index contributed by atoms with van der Waals surface area (Å²) in [4.78, 5) is 35.9. The molecule has 2 N–H and O–H groups in total. The van der Waals surface area contributed by atoms with Crippen LogP contribution in [0, 0.1) is 0 Å². The summed E-state index contributed by atoms with van der Waals surface area (Å²) in [7, 11) is 3.18. The van der Waals surface area contributed by atoms with E-state index >= 15 is 0 Å². The van der Waals surface area contributed by atoms with Crippen LogP contribution in [0.15, 0.2) is 30.3 Å². The zero-order valence-electron chi connectivity index (χ0n) is 16.3. The Morgan fingerprint density at radius 2 is 1.81 bits per heavy atom. The monoisotopic (exact) mass is 379 g/mol. The molecule has 0 heterocycles. The lowest BCUT2D eigenvalue weighted by Gasteiger charge is -2.31. The van der Waals surface area contributed by atoms with Gasteiger partial charge in [-0.1, -0.05) is 30.3 Å². The van der Waals surface area contributed by atoms with Crippen LogP contribution < -0.4 is 5.32 Å². The van der Waals surface area contributed by atoms with Crippen LogP contribution in [-0.2, 0) is 25.5 Å². The number of hydrogen-bond donors (Lipinski definition) is 2. The van der Waals surface area contributed by atoms with Crippen LogP contribution in [0.25, 0.3) is 0 Å². The standard InChI is InChI=1S/C19H29N3O5/c1-5-27-19(26)16(12-11-15-9-7-6-8-10-15)20-14(2)18(25)22(21(3)4)13-17(23)24/h6-10,14,16,20H,5,11-13H2,1-4H3,(H,23,24)/t14-,16?/m0/s1. The Balaban J connectivity index is 2.81. The van der Waals surface area contributed by atoms with Crippen molar-refractivity contribution in [2.75, 3.05) is 27.2 Å². The molecule has 8 heteroatoms. The van der Waals surface area contributed by atoms with E-state index in [-0.39, 0.29) is 6.61 Å². The second kappa shape index (κ2) is 11.3. The third kappa shape index (κ3) is 7.76. The summed E-state index contributed by atoms with van der Waals surface area (Å²) < 4.78 is 5.11. The molecule has 0 saturated heterocycles. The molecular weight excluding hydrogens is 350 g/mol. The average Bonchev–Trinajstić information content (AvgIpc) is 2.63. The summed E-state index contributed by atoms with van der Waals surface area (Å²) in [6.45, 7) is 3.12. The fraction of sp³-hybridized carbons (Fsp3) is 0.526. The van der Waals surface area contributed by atoms with E-state index in [2.05, 4.69) is 5.32 Å². The molecule has 1 unspecified atom stereocenters. The molecule has 0 aromatic heterocycles. The predicted octanol–water partition coefficient (Wildman–Crippen LogP) is 0.919. The summed E-state index contributed by atoms with van der Waals surface area (Å²) in [6, 6.07) is 8.29. The highest BCUT2D eigenvalue weighted by Crippen LogP contribution is 2.08. The molecule has 0 bridgehead atoms. The number of hydrazine groups is 1. The number of hydrogen-bond acceptors (Lipinski definition) is 6. The molecule has 150 valence electrons. The minimum atomic E-state index is -1.12. The lowest BCUT2D eigenvalue weighted by Crippen LogP contribution is -2.55. The minimum absolute atomic E-state index is 0.244. The van der Waals surface area contributed by atoms with Crippen molar-refractivity contribution in [1.29, 1.82) is 0 Å². The fourth-order valence-electron chi connectivity index (χ4n) is 2.61. The maximum absolute atomic E-state index is 12.6. The van der Waals surface area contributed by atoms with Crippen molar-refractivity contribution in [3.8, 4) is 0 Å². The summed E-state index contributed by atoms with van der Waals surface area (Å²) in [5.41, 5.74) is 1.08. The van der Waals surface area contributed by atoms with Crippen LogP contribution in [0.1, 0.15) is 25.8 Å². The van der Waals surface area contributed by atoms with Gasteiger partial charge in [-0.05, 0) is 32.3 Å². The van der Waals surface area contributed by atoms with E-state index in [1.165, 1.54) is 5.01 Å². The molecule has 2 atom stereocenters.